The van der Waals surface area contributed by atoms with Crippen molar-refractivity contribution in [3.8, 4) is 0 Å². The number of carbonyl (C=O) groups is 1. The second kappa shape index (κ2) is 10.4. The number of ether oxygens (including phenoxy) is 2. The van der Waals surface area contributed by atoms with Crippen molar-refractivity contribution in [1.82, 2.24) is 15.2 Å². The molecule has 0 aromatic carbocycles. The van der Waals surface area contributed by atoms with E-state index < -0.39 is 22.8 Å². The van der Waals surface area contributed by atoms with Crippen molar-refractivity contribution in [2.45, 2.75) is 69.5 Å². The Kier molecular flexibility index (Phi) is 7.85. The average molecular weight is 515 g/mol. The smallest absolute Gasteiger partial charge is 0.389 e. The van der Waals surface area contributed by atoms with Gasteiger partial charge in [-0.3, -0.25) is 4.79 Å². The maximum Gasteiger partial charge on any atom is 0.416 e. The Bertz CT molecular complexity index is 917. The highest BCUT2D eigenvalue weighted by molar-refractivity contribution is 5.85. The second-order valence-electron chi connectivity index (χ2n) is 10.7. The van der Waals surface area contributed by atoms with Crippen LogP contribution in [0.25, 0.3) is 0 Å². The SMILES string of the molecule is COC1COCCC1NC1CC[C@@](C(=O)N2CCN(c3cc(C(F)(F)F)ccn3)CC2)(C(C)(C)O)C1. The highest BCUT2D eigenvalue weighted by atomic mass is 19.4. The van der Waals surface area contributed by atoms with Crippen molar-refractivity contribution >= 4 is 11.7 Å². The Morgan fingerprint density at radius 1 is 1.25 bits per heavy atom. The maximum atomic E-state index is 13.9. The summed E-state index contributed by atoms with van der Waals surface area (Å²) in [5.41, 5.74) is -2.90. The zero-order chi connectivity index (χ0) is 26.1. The molecule has 36 heavy (non-hydrogen) atoms. The van der Waals surface area contributed by atoms with Gasteiger partial charge in [0.1, 0.15) is 5.82 Å². The summed E-state index contributed by atoms with van der Waals surface area (Å²) in [7, 11) is 1.67. The monoisotopic (exact) mass is 514 g/mol. The van der Waals surface area contributed by atoms with Gasteiger partial charge in [0.2, 0.25) is 5.91 Å². The van der Waals surface area contributed by atoms with E-state index in [0.717, 1.165) is 31.2 Å². The Morgan fingerprint density at radius 3 is 2.61 bits per heavy atom. The number of carbonyl (C=O) groups excluding carboxylic acids is 1. The number of nitrogens with zero attached hydrogens (tertiary/aromatic N) is 3. The molecule has 4 rings (SSSR count). The van der Waals surface area contributed by atoms with E-state index in [4.69, 9.17) is 9.47 Å². The molecule has 4 atom stereocenters. The van der Waals surface area contributed by atoms with Crippen LogP contribution in [-0.2, 0) is 20.4 Å². The van der Waals surface area contributed by atoms with Crippen molar-refractivity contribution in [2.75, 3.05) is 51.4 Å². The first-order valence-corrected chi connectivity index (χ1v) is 12.6. The Morgan fingerprint density at radius 2 is 1.97 bits per heavy atom. The fraction of sp³-hybridized carbons (Fsp3) is 0.760. The molecule has 3 heterocycles. The minimum Gasteiger partial charge on any atom is -0.389 e. The highest BCUT2D eigenvalue weighted by Gasteiger charge is 2.56. The number of methoxy groups -OCH3 is 1. The van der Waals surface area contributed by atoms with E-state index >= 15 is 0 Å². The van der Waals surface area contributed by atoms with Crippen LogP contribution in [0, 0.1) is 5.41 Å². The van der Waals surface area contributed by atoms with E-state index in [-0.39, 0.29) is 29.9 Å². The van der Waals surface area contributed by atoms with Gasteiger partial charge in [0, 0.05) is 58.2 Å². The summed E-state index contributed by atoms with van der Waals surface area (Å²) in [6.07, 6.45) is -0.667. The van der Waals surface area contributed by atoms with Gasteiger partial charge in [-0.2, -0.15) is 13.2 Å². The number of alkyl halides is 3. The van der Waals surface area contributed by atoms with Gasteiger partial charge < -0.3 is 29.7 Å². The number of amides is 1. The van der Waals surface area contributed by atoms with Crippen LogP contribution in [-0.4, -0.2) is 91.2 Å². The zero-order valence-corrected chi connectivity index (χ0v) is 21.2. The van der Waals surface area contributed by atoms with Gasteiger partial charge in [-0.15, -0.1) is 0 Å². The zero-order valence-electron chi connectivity index (χ0n) is 21.2. The van der Waals surface area contributed by atoms with Crippen molar-refractivity contribution in [3.63, 3.8) is 0 Å². The lowest BCUT2D eigenvalue weighted by molar-refractivity contribution is -0.158. The molecule has 3 unspecified atom stereocenters. The summed E-state index contributed by atoms with van der Waals surface area (Å²) >= 11 is 0. The summed E-state index contributed by atoms with van der Waals surface area (Å²) in [5, 5.41) is 14.8. The molecule has 1 aromatic heterocycles. The van der Waals surface area contributed by atoms with Gasteiger partial charge in [-0.05, 0) is 51.7 Å². The number of anilines is 1. The number of nitrogens with one attached hydrogen (secondary N) is 1. The molecule has 0 bridgehead atoms. The number of aliphatic hydroxyl groups is 1. The molecule has 2 aliphatic heterocycles. The summed E-state index contributed by atoms with van der Waals surface area (Å²) < 4.78 is 50.4. The molecule has 0 spiro atoms. The first-order chi connectivity index (χ1) is 16.9. The molecule has 3 fully saturated rings. The molecule has 202 valence electrons. The lowest BCUT2D eigenvalue weighted by Crippen LogP contribution is -2.59. The van der Waals surface area contributed by atoms with Gasteiger partial charge >= 0.3 is 6.18 Å². The number of aromatic nitrogens is 1. The van der Waals surface area contributed by atoms with Crippen LogP contribution in [0.15, 0.2) is 18.3 Å². The fourth-order valence-corrected chi connectivity index (χ4v) is 5.85. The fourth-order valence-electron chi connectivity index (χ4n) is 5.85. The summed E-state index contributed by atoms with van der Waals surface area (Å²) in [5.74, 6) is 0.162. The molecular weight excluding hydrogens is 477 g/mol. The number of piperazine rings is 1. The third-order valence-electron chi connectivity index (χ3n) is 8.12. The third kappa shape index (κ3) is 5.49. The maximum absolute atomic E-state index is 13.9. The molecule has 11 heteroatoms. The quantitative estimate of drug-likeness (QED) is 0.603. The molecule has 2 saturated heterocycles. The van der Waals surface area contributed by atoms with Crippen molar-refractivity contribution in [3.05, 3.63) is 23.9 Å². The predicted molar refractivity (Wildman–Crippen MR) is 128 cm³/mol. The van der Waals surface area contributed by atoms with Crippen LogP contribution in [0.3, 0.4) is 0 Å². The summed E-state index contributed by atoms with van der Waals surface area (Å²) in [6.45, 7) is 6.05. The van der Waals surface area contributed by atoms with E-state index in [1.54, 1.807) is 30.8 Å². The minimum absolute atomic E-state index is 0.0517. The molecule has 2 N–H and O–H groups in total. The van der Waals surface area contributed by atoms with Crippen LogP contribution in [0.2, 0.25) is 0 Å². The number of pyridine rings is 1. The van der Waals surface area contributed by atoms with Crippen LogP contribution < -0.4 is 10.2 Å². The third-order valence-corrected chi connectivity index (χ3v) is 8.12. The van der Waals surface area contributed by atoms with Crippen LogP contribution in [0.4, 0.5) is 19.0 Å². The van der Waals surface area contributed by atoms with Crippen molar-refractivity contribution in [1.29, 1.82) is 0 Å². The molecule has 0 radical (unpaired) electrons. The predicted octanol–water partition coefficient (Wildman–Crippen LogP) is 2.45. The van der Waals surface area contributed by atoms with E-state index in [2.05, 4.69) is 10.3 Å². The van der Waals surface area contributed by atoms with Gasteiger partial charge in [-0.25, -0.2) is 4.98 Å². The first-order valence-electron chi connectivity index (χ1n) is 12.6. The van der Waals surface area contributed by atoms with E-state index in [1.807, 2.05) is 0 Å². The molecule has 1 saturated carbocycles. The molecule has 1 aromatic rings. The lowest BCUT2D eigenvalue weighted by Gasteiger charge is -2.45. The summed E-state index contributed by atoms with van der Waals surface area (Å²) in [6, 6.07) is 2.20. The molecular formula is C25H37F3N4O4. The van der Waals surface area contributed by atoms with Gasteiger partial charge in [0.15, 0.2) is 0 Å². The molecule has 3 aliphatic rings. The highest BCUT2D eigenvalue weighted by Crippen LogP contribution is 2.48. The van der Waals surface area contributed by atoms with Crippen LogP contribution in [0.1, 0.15) is 45.1 Å². The minimum atomic E-state index is -4.43. The van der Waals surface area contributed by atoms with Crippen LogP contribution >= 0.6 is 0 Å². The van der Waals surface area contributed by atoms with E-state index in [1.165, 1.54) is 0 Å². The Balaban J connectivity index is 1.42. The molecule has 1 amide bonds. The molecule has 8 nitrogen and oxygen atoms in total. The molecule has 1 aliphatic carbocycles. The van der Waals surface area contributed by atoms with Crippen molar-refractivity contribution < 1.29 is 32.5 Å². The van der Waals surface area contributed by atoms with Crippen LogP contribution in [0.5, 0.6) is 0 Å². The normalized spacial score (nSPS) is 30.0. The number of rotatable bonds is 6. The topological polar surface area (TPSA) is 87.2 Å². The van der Waals surface area contributed by atoms with Crippen molar-refractivity contribution in [2.24, 2.45) is 5.41 Å². The number of halogens is 3. The average Bonchev–Trinajstić information content (AvgIpc) is 3.29. The second-order valence-corrected chi connectivity index (χ2v) is 10.7. The Hall–Kier alpha value is -1.95. The number of hydrogen-bond acceptors (Lipinski definition) is 7. The first kappa shape index (κ1) is 27.1. The standard InChI is InChI=1S/C25H37F3N4O4/c1-23(2,34)24(7-4-18(15-24)30-19-6-13-36-16-20(19)35-3)22(33)32-11-9-31(10-12-32)21-14-17(5-8-29-21)25(26,27)28/h5,8,14,18-20,30,34H,4,6-7,9-13,15-16H2,1-3H3/t18?,19?,20?,24-/m1/s1. The van der Waals surface area contributed by atoms with Gasteiger partial charge in [0.05, 0.1) is 29.3 Å². The lowest BCUT2D eigenvalue weighted by atomic mass is 9.70. The summed E-state index contributed by atoms with van der Waals surface area (Å²) in [4.78, 5) is 21.5. The number of hydrogen-bond donors (Lipinski definition) is 2. The van der Waals surface area contributed by atoms with Gasteiger partial charge in [0.25, 0.3) is 0 Å². The largest absolute Gasteiger partial charge is 0.416 e. The van der Waals surface area contributed by atoms with E-state index in [0.29, 0.717) is 52.2 Å². The van der Waals surface area contributed by atoms with Gasteiger partial charge in [-0.1, -0.05) is 0 Å². The Labute approximate surface area is 210 Å². The van der Waals surface area contributed by atoms with E-state index in [9.17, 15) is 23.1 Å².